The topological polar surface area (TPSA) is 220 Å². The van der Waals surface area contributed by atoms with Crippen molar-refractivity contribution < 1.29 is 46.7 Å². The van der Waals surface area contributed by atoms with Crippen molar-refractivity contribution in [1.82, 2.24) is 19.8 Å². The predicted molar refractivity (Wildman–Crippen MR) is 362 cm³/mol. The molecule has 8 aromatic rings. The summed E-state index contributed by atoms with van der Waals surface area (Å²) in [4.78, 5) is 36.3. The SMILES string of the molecule is CC1(C)CC(Nc2ccc(B3OC(C)(C)C(C)(C)O3)cc2C#N)CC(C)(C)O1.COc1cc(C(=O)N(C)C)ccc1-c1cc2nccc(-c3ccc(NC4CC(C)(C)OC(C)(C)C4)c(C#N)c3)c2o1.COc1cc(C(=O)N(C)C)ccc1-c1cc2nccc(Cl)c2o1. The molecule has 0 atom stereocenters. The minimum atomic E-state index is -0.466. The van der Waals surface area contributed by atoms with Crippen molar-refractivity contribution in [3.05, 3.63) is 137 Å². The average Bonchev–Trinajstić information content (AvgIpc) is 1.57. The minimum absolute atomic E-state index is 0.0934. The molecule has 3 aliphatic rings. The first-order valence-corrected chi connectivity index (χ1v) is 31.1. The average molecular weight is 1270 g/mol. The van der Waals surface area contributed by atoms with E-state index < -0.39 is 18.3 Å². The van der Waals surface area contributed by atoms with Crippen molar-refractivity contribution in [2.24, 2.45) is 0 Å². The number of benzene rings is 4. The molecule has 3 saturated heterocycles. The van der Waals surface area contributed by atoms with Gasteiger partial charge in [-0.2, -0.15) is 10.5 Å². The first-order valence-electron chi connectivity index (χ1n) is 30.7. The van der Waals surface area contributed by atoms with Gasteiger partial charge in [0.05, 0.1) is 86.5 Å². The summed E-state index contributed by atoms with van der Waals surface area (Å²) in [7, 11) is 9.48. The molecule has 3 fully saturated rings. The summed E-state index contributed by atoms with van der Waals surface area (Å²) in [5, 5.41) is 27.5. The van der Waals surface area contributed by atoms with E-state index in [0.29, 0.717) is 78.1 Å². The fourth-order valence-electron chi connectivity index (χ4n) is 12.6. The number of nitrogens with one attached hydrogen (secondary N) is 2. The molecule has 2 amide bonds. The van der Waals surface area contributed by atoms with Gasteiger partial charge in [-0.1, -0.05) is 23.7 Å². The molecule has 0 unspecified atom stereocenters. The van der Waals surface area contributed by atoms with E-state index in [1.165, 1.54) is 9.80 Å². The molecule has 11 rings (SSSR count). The highest BCUT2D eigenvalue weighted by atomic mass is 35.5. The third-order valence-corrected chi connectivity index (χ3v) is 17.2. The van der Waals surface area contributed by atoms with E-state index in [9.17, 15) is 20.1 Å². The lowest BCUT2D eigenvalue weighted by Crippen LogP contribution is -2.49. The molecular weight excluding hydrogens is 1180 g/mol. The van der Waals surface area contributed by atoms with Crippen LogP contribution in [0.2, 0.25) is 5.02 Å². The van der Waals surface area contributed by atoms with E-state index in [2.05, 4.69) is 88.1 Å². The Morgan fingerprint density at radius 2 is 0.978 bits per heavy atom. The zero-order chi connectivity index (χ0) is 67.0. The monoisotopic (exact) mass is 1270 g/mol. The summed E-state index contributed by atoms with van der Waals surface area (Å²) in [5.41, 5.74) is 8.66. The molecule has 92 heavy (non-hydrogen) atoms. The Morgan fingerprint density at radius 3 is 1.41 bits per heavy atom. The molecule has 0 saturated carbocycles. The highest BCUT2D eigenvalue weighted by Crippen LogP contribution is 2.43. The molecule has 18 nitrogen and oxygen atoms in total. The summed E-state index contributed by atoms with van der Waals surface area (Å²) in [6.45, 7) is 25.0. The van der Waals surface area contributed by atoms with Crippen LogP contribution in [0.25, 0.3) is 56.0 Å². The largest absolute Gasteiger partial charge is 0.496 e. The highest BCUT2D eigenvalue weighted by Gasteiger charge is 2.52. The number of hydrogen-bond acceptors (Lipinski definition) is 16. The van der Waals surface area contributed by atoms with Gasteiger partial charge in [-0.25, -0.2) is 0 Å². The molecular formula is C72H84BClN8O10. The number of nitrogens with zero attached hydrogens (tertiary/aromatic N) is 6. The summed E-state index contributed by atoms with van der Waals surface area (Å²) < 4.78 is 47.8. The zero-order valence-electron chi connectivity index (χ0n) is 56.1. The predicted octanol–water partition coefficient (Wildman–Crippen LogP) is 14.8. The van der Waals surface area contributed by atoms with Gasteiger partial charge >= 0.3 is 7.12 Å². The first-order chi connectivity index (χ1) is 43.1. The Balaban J connectivity index is 0.000000171. The number of hydrogen-bond donors (Lipinski definition) is 2. The molecule has 0 bridgehead atoms. The Bertz CT molecular complexity index is 4110. The Kier molecular flexibility index (Phi) is 19.4. The highest BCUT2D eigenvalue weighted by molar-refractivity contribution is 6.62. The number of fused-ring (bicyclic) bond motifs is 2. The number of carbonyl (C=O) groups is 2. The van der Waals surface area contributed by atoms with Crippen molar-refractivity contribution >= 4 is 69.6 Å². The molecule has 7 heterocycles. The van der Waals surface area contributed by atoms with Gasteiger partial charge in [0.1, 0.15) is 46.2 Å². The molecule has 4 aromatic heterocycles. The summed E-state index contributed by atoms with van der Waals surface area (Å²) in [6.07, 6.45) is 6.83. The minimum Gasteiger partial charge on any atom is -0.496 e. The van der Waals surface area contributed by atoms with Crippen LogP contribution in [0.15, 0.2) is 118 Å². The summed E-state index contributed by atoms with van der Waals surface area (Å²) in [6, 6.07) is 34.5. The summed E-state index contributed by atoms with van der Waals surface area (Å²) in [5.74, 6) is 2.03. The van der Waals surface area contributed by atoms with Gasteiger partial charge in [0.15, 0.2) is 11.2 Å². The van der Waals surface area contributed by atoms with Gasteiger partial charge in [0, 0.05) is 81.5 Å². The Morgan fingerprint density at radius 1 is 0.554 bits per heavy atom. The normalized spacial score (nSPS) is 17.6. The lowest BCUT2D eigenvalue weighted by atomic mass is 9.78. The number of halogens is 1. The molecule has 0 aliphatic carbocycles. The fourth-order valence-corrected chi connectivity index (χ4v) is 12.8. The molecule has 20 heteroatoms. The van der Waals surface area contributed by atoms with E-state index in [0.717, 1.165) is 59.2 Å². The number of aromatic nitrogens is 2. The van der Waals surface area contributed by atoms with E-state index >= 15 is 0 Å². The van der Waals surface area contributed by atoms with E-state index in [1.54, 1.807) is 97.3 Å². The van der Waals surface area contributed by atoms with E-state index in [1.807, 2.05) is 82.3 Å². The Labute approximate surface area is 545 Å². The fraction of sp³-hybridized carbons (Fsp3) is 0.417. The maximum Gasteiger partial charge on any atom is 0.494 e. The quantitative estimate of drug-likeness (QED) is 0.109. The maximum atomic E-state index is 12.5. The number of amides is 2. The van der Waals surface area contributed by atoms with E-state index in [-0.39, 0.29) is 46.3 Å². The number of carbonyl (C=O) groups excluding carboxylic acids is 2. The summed E-state index contributed by atoms with van der Waals surface area (Å²) >= 11 is 6.12. The smallest absolute Gasteiger partial charge is 0.494 e. The number of ether oxygens (including phenoxy) is 4. The zero-order valence-corrected chi connectivity index (χ0v) is 56.9. The standard InChI is InChI=1S/C33H36N4O4.C22H33BN2O3.C17H15ClN2O3/c1-32(2)17-23(18-33(3,4)41-32)36-26-11-9-20(14-22(26)19-34)24-12-13-35-27-16-29(40-30(24)27)25-10-8-21(15-28(25)39-7)31(38)37(5)6;1-19(2)12-17(13-20(3,4)26-19)25-18-10-9-16(11-15(18)14-24)23-27-21(5,6)22(7,8)28-23;1-20(2)17(21)10-4-5-11(14(8-10)22-3)15-9-13-16(23-15)12(18)6-7-19-13/h8-16,23,36H,17-18H2,1-7H3;9-11,17,25H,12-13H2,1-8H3;4-9H,1-3H3. The van der Waals surface area contributed by atoms with E-state index in [4.69, 9.17) is 48.7 Å². The number of nitriles is 2. The molecule has 0 spiro atoms. The number of anilines is 2. The second-order valence-corrected chi connectivity index (χ2v) is 28.1. The van der Waals surface area contributed by atoms with Gasteiger partial charge in [-0.3, -0.25) is 19.6 Å². The third-order valence-electron chi connectivity index (χ3n) is 16.9. The van der Waals surface area contributed by atoms with Crippen LogP contribution < -0.4 is 25.6 Å². The second-order valence-electron chi connectivity index (χ2n) is 27.6. The van der Waals surface area contributed by atoms with Crippen molar-refractivity contribution in [1.29, 1.82) is 10.5 Å². The third kappa shape index (κ3) is 15.2. The lowest BCUT2D eigenvalue weighted by Gasteiger charge is -2.45. The van der Waals surface area contributed by atoms with Crippen LogP contribution in [-0.2, 0) is 18.8 Å². The van der Waals surface area contributed by atoms with Gasteiger partial charge < -0.3 is 57.5 Å². The number of rotatable bonds is 12. The van der Waals surface area contributed by atoms with Crippen LogP contribution in [0.5, 0.6) is 11.5 Å². The second kappa shape index (κ2) is 26.3. The molecule has 482 valence electrons. The number of pyridine rings is 2. The van der Waals surface area contributed by atoms with Crippen LogP contribution in [-0.4, -0.2) is 127 Å². The van der Waals surface area contributed by atoms with Crippen LogP contribution in [0.1, 0.15) is 141 Å². The molecule has 0 radical (unpaired) electrons. The number of furan rings is 2. The van der Waals surface area contributed by atoms with Gasteiger partial charge in [-0.15, -0.1) is 0 Å². The lowest BCUT2D eigenvalue weighted by molar-refractivity contribution is -0.159. The van der Waals surface area contributed by atoms with Crippen molar-refractivity contribution in [3.63, 3.8) is 0 Å². The molecule has 3 aliphatic heterocycles. The number of methoxy groups -OCH3 is 2. The Hall–Kier alpha value is -8.43. The van der Waals surface area contributed by atoms with Gasteiger partial charge in [0.2, 0.25) is 0 Å². The first kappa shape index (κ1) is 68.0. The molecule has 2 N–H and O–H groups in total. The van der Waals surface area contributed by atoms with Crippen LogP contribution in [0.3, 0.4) is 0 Å². The van der Waals surface area contributed by atoms with Crippen LogP contribution >= 0.6 is 11.6 Å². The van der Waals surface area contributed by atoms with Crippen molar-refractivity contribution in [2.75, 3.05) is 53.0 Å². The van der Waals surface area contributed by atoms with Crippen LogP contribution in [0.4, 0.5) is 11.4 Å². The van der Waals surface area contributed by atoms with Crippen molar-refractivity contribution in [3.8, 4) is 57.4 Å². The molecule has 4 aromatic carbocycles. The van der Waals surface area contributed by atoms with Gasteiger partial charge in [-0.05, 0) is 193 Å². The van der Waals surface area contributed by atoms with Gasteiger partial charge in [0.25, 0.3) is 11.8 Å². The van der Waals surface area contributed by atoms with Crippen LogP contribution in [0, 0.1) is 22.7 Å². The maximum absolute atomic E-state index is 12.5. The van der Waals surface area contributed by atoms with Crippen molar-refractivity contribution in [2.45, 2.75) is 154 Å².